The van der Waals surface area contributed by atoms with Crippen LogP contribution in [-0.2, 0) is 19.2 Å². The minimum Gasteiger partial charge on any atom is -0.311 e. The van der Waals surface area contributed by atoms with Crippen LogP contribution in [0.15, 0.2) is 70.5 Å². The van der Waals surface area contributed by atoms with Crippen LogP contribution in [0, 0.1) is 22.7 Å². The molecular formula is C36H38N6O4S4. The highest BCUT2D eigenvalue weighted by atomic mass is 32.2. The summed E-state index contributed by atoms with van der Waals surface area (Å²) in [4.78, 5) is 59.5. The van der Waals surface area contributed by atoms with Crippen LogP contribution in [0.1, 0.15) is 64.2 Å². The summed E-state index contributed by atoms with van der Waals surface area (Å²) >= 11 is 13.2. The number of nitriles is 2. The molecule has 260 valence electrons. The van der Waals surface area contributed by atoms with Gasteiger partial charge in [0.15, 0.2) is 0 Å². The predicted octanol–water partition coefficient (Wildman–Crippen LogP) is 6.93. The molecular weight excluding hydrogens is 709 g/mol. The van der Waals surface area contributed by atoms with Crippen LogP contribution in [0.25, 0.3) is 0 Å². The summed E-state index contributed by atoms with van der Waals surface area (Å²) in [5, 5.41) is 18.0. The molecule has 2 heterocycles. The SMILES string of the molecule is N#CCCN(C(=O)CCCCCN1C(=O)C(=C2SC(=S)N(CCCCCC(=O)N(CCC#N)c3ccccc3)C2=O)SC1=S)c1ccccc1. The van der Waals surface area contributed by atoms with Crippen molar-refractivity contribution < 1.29 is 19.2 Å². The number of nitrogens with zero attached hydrogens (tertiary/aromatic N) is 6. The van der Waals surface area contributed by atoms with E-state index in [0.29, 0.717) is 96.0 Å². The molecule has 2 aliphatic heterocycles. The lowest BCUT2D eigenvalue weighted by Gasteiger charge is -2.22. The minimum atomic E-state index is -0.304. The highest BCUT2D eigenvalue weighted by Gasteiger charge is 2.41. The Kier molecular flexibility index (Phi) is 15.4. The number of para-hydroxylation sites is 2. The monoisotopic (exact) mass is 746 g/mol. The Morgan fingerprint density at radius 3 is 1.36 bits per heavy atom. The number of hydrogen-bond donors (Lipinski definition) is 0. The molecule has 2 fully saturated rings. The zero-order valence-electron chi connectivity index (χ0n) is 27.6. The van der Waals surface area contributed by atoms with Crippen molar-refractivity contribution in [3.63, 3.8) is 0 Å². The van der Waals surface area contributed by atoms with Gasteiger partial charge in [0.2, 0.25) is 11.8 Å². The fraction of sp³-hybridized carbons (Fsp3) is 0.389. The van der Waals surface area contributed by atoms with Gasteiger partial charge < -0.3 is 9.80 Å². The lowest BCUT2D eigenvalue weighted by atomic mass is 10.1. The Balaban J connectivity index is 1.21. The van der Waals surface area contributed by atoms with Crippen molar-refractivity contribution in [1.82, 2.24) is 9.80 Å². The van der Waals surface area contributed by atoms with Crippen molar-refractivity contribution >= 4 is 91.6 Å². The van der Waals surface area contributed by atoms with Crippen molar-refractivity contribution in [2.45, 2.75) is 64.2 Å². The van der Waals surface area contributed by atoms with Crippen molar-refractivity contribution in [2.24, 2.45) is 0 Å². The van der Waals surface area contributed by atoms with E-state index in [1.165, 1.54) is 9.80 Å². The van der Waals surface area contributed by atoms with E-state index in [2.05, 4.69) is 12.1 Å². The number of thioether (sulfide) groups is 2. The molecule has 2 saturated heterocycles. The average Bonchev–Trinajstić information content (AvgIpc) is 3.57. The van der Waals surface area contributed by atoms with Crippen molar-refractivity contribution in [3.8, 4) is 12.1 Å². The van der Waals surface area contributed by atoms with E-state index in [0.717, 1.165) is 34.9 Å². The number of rotatable bonds is 18. The maximum absolute atomic E-state index is 13.4. The number of amides is 4. The number of anilines is 2. The third kappa shape index (κ3) is 10.5. The minimum absolute atomic E-state index is 0.0470. The first kappa shape index (κ1) is 38.7. The molecule has 2 aliphatic rings. The van der Waals surface area contributed by atoms with Crippen LogP contribution in [-0.4, -0.2) is 68.2 Å². The smallest absolute Gasteiger partial charge is 0.267 e. The second-order valence-electron chi connectivity index (χ2n) is 11.5. The Morgan fingerprint density at radius 2 is 1.00 bits per heavy atom. The second-order valence-corrected chi connectivity index (χ2v) is 14.8. The zero-order valence-corrected chi connectivity index (χ0v) is 30.9. The summed E-state index contributed by atoms with van der Waals surface area (Å²) < 4.78 is 0.782. The van der Waals surface area contributed by atoms with Gasteiger partial charge in [-0.25, -0.2) is 0 Å². The molecule has 0 aliphatic carbocycles. The van der Waals surface area contributed by atoms with E-state index in [1.54, 1.807) is 9.80 Å². The zero-order chi connectivity index (χ0) is 35.9. The number of benzene rings is 2. The number of hydrogen-bond acceptors (Lipinski definition) is 10. The first-order valence-electron chi connectivity index (χ1n) is 16.5. The fourth-order valence-corrected chi connectivity index (χ4v) is 8.28. The van der Waals surface area contributed by atoms with Gasteiger partial charge in [0.1, 0.15) is 8.64 Å². The highest BCUT2D eigenvalue weighted by molar-refractivity contribution is 8.29. The Morgan fingerprint density at radius 1 is 0.620 bits per heavy atom. The van der Waals surface area contributed by atoms with Crippen molar-refractivity contribution in [3.05, 3.63) is 70.5 Å². The first-order chi connectivity index (χ1) is 24.3. The molecule has 0 saturated carbocycles. The molecule has 0 unspecified atom stereocenters. The lowest BCUT2D eigenvalue weighted by Crippen LogP contribution is -2.32. The summed E-state index contributed by atoms with van der Waals surface area (Å²) in [6.07, 6.45) is 5.09. The lowest BCUT2D eigenvalue weighted by molar-refractivity contribution is -0.124. The van der Waals surface area contributed by atoms with Gasteiger partial charge in [-0.15, -0.1) is 0 Å². The molecule has 4 amide bonds. The standard InChI is InChI=1S/C36H38N6O4S4/c37-21-13-25-39(27-15-5-1-6-16-27)29(43)19-9-3-11-23-41-33(45)31(49-35(41)47)32-34(46)42(36(48)50-32)24-12-4-10-20-30(44)40(26-14-22-38)28-17-7-2-8-18-28/h1-2,5-8,15-18H,3-4,9-14,19-20,23-26H2. The highest BCUT2D eigenvalue weighted by Crippen LogP contribution is 2.42. The Bertz CT molecular complexity index is 1570. The van der Waals surface area contributed by atoms with E-state index in [1.807, 2.05) is 60.7 Å². The van der Waals surface area contributed by atoms with Gasteiger partial charge in [-0.3, -0.25) is 29.0 Å². The number of carbonyl (C=O) groups is 4. The van der Waals surface area contributed by atoms with E-state index >= 15 is 0 Å². The van der Waals surface area contributed by atoms with Crippen molar-refractivity contribution in [2.75, 3.05) is 36.0 Å². The Hall–Kier alpha value is -4.08. The molecule has 0 bridgehead atoms. The topological polar surface area (TPSA) is 129 Å². The van der Waals surface area contributed by atoms with E-state index in [-0.39, 0.29) is 36.5 Å². The molecule has 50 heavy (non-hydrogen) atoms. The molecule has 2 aromatic carbocycles. The van der Waals surface area contributed by atoms with Crippen LogP contribution < -0.4 is 9.80 Å². The summed E-state index contributed by atoms with van der Waals surface area (Å²) in [7, 11) is 0. The number of unbranched alkanes of at least 4 members (excludes halogenated alkanes) is 4. The van der Waals surface area contributed by atoms with Crippen LogP contribution in [0.3, 0.4) is 0 Å². The summed E-state index contributed by atoms with van der Waals surface area (Å²) in [5.74, 6) is -0.703. The third-order valence-electron chi connectivity index (χ3n) is 8.08. The number of thiocarbonyl (C=S) groups is 2. The number of carbonyl (C=O) groups excluding carboxylic acids is 4. The van der Waals surface area contributed by atoms with Crippen molar-refractivity contribution in [1.29, 1.82) is 10.5 Å². The van der Waals surface area contributed by atoms with E-state index < -0.39 is 0 Å². The van der Waals surface area contributed by atoms with Gasteiger partial charge in [-0.2, -0.15) is 10.5 Å². The summed E-state index contributed by atoms with van der Waals surface area (Å²) in [6, 6.07) is 22.8. The second kappa shape index (κ2) is 19.9. The molecule has 2 aromatic rings. The Labute approximate surface area is 312 Å². The average molecular weight is 747 g/mol. The maximum atomic E-state index is 13.4. The largest absolute Gasteiger partial charge is 0.311 e. The first-order valence-corrected chi connectivity index (χ1v) is 19.0. The van der Waals surface area contributed by atoms with E-state index in [4.69, 9.17) is 35.0 Å². The molecule has 0 radical (unpaired) electrons. The maximum Gasteiger partial charge on any atom is 0.267 e. The normalized spacial score (nSPS) is 15.7. The molecule has 0 atom stereocenters. The molecule has 4 rings (SSSR count). The van der Waals surface area contributed by atoms with Gasteiger partial charge in [-0.05, 0) is 49.9 Å². The van der Waals surface area contributed by atoms with Crippen LogP contribution in [0.5, 0.6) is 0 Å². The summed E-state index contributed by atoms with van der Waals surface area (Å²) in [5.41, 5.74) is 1.53. The van der Waals surface area contributed by atoms with Gasteiger partial charge in [-0.1, -0.05) is 97.2 Å². The molecule has 0 aromatic heterocycles. The predicted molar refractivity (Wildman–Crippen MR) is 206 cm³/mol. The fourth-order valence-electron chi connectivity index (χ4n) is 5.51. The quantitative estimate of drug-likeness (QED) is 0.0900. The van der Waals surface area contributed by atoms with Gasteiger partial charge in [0.25, 0.3) is 11.8 Å². The molecule has 0 spiro atoms. The van der Waals surface area contributed by atoms with Crippen LogP contribution in [0.4, 0.5) is 11.4 Å². The molecule has 14 heteroatoms. The third-order valence-corrected chi connectivity index (χ3v) is 11.1. The van der Waals surface area contributed by atoms with Gasteiger partial charge in [0.05, 0.1) is 34.8 Å². The summed E-state index contributed by atoms with van der Waals surface area (Å²) in [6.45, 7) is 1.44. The molecule has 0 N–H and O–H groups in total. The van der Waals surface area contributed by atoms with Gasteiger partial charge in [0, 0.05) is 50.4 Å². The van der Waals surface area contributed by atoms with E-state index in [9.17, 15) is 19.2 Å². The van der Waals surface area contributed by atoms with Crippen LogP contribution >= 0.6 is 48.0 Å². The van der Waals surface area contributed by atoms with Crippen LogP contribution in [0.2, 0.25) is 0 Å². The van der Waals surface area contributed by atoms with Gasteiger partial charge >= 0.3 is 0 Å². The molecule has 10 nitrogen and oxygen atoms in total.